The van der Waals surface area contributed by atoms with Crippen LogP contribution in [0.4, 0.5) is 11.5 Å². The lowest BCUT2D eigenvalue weighted by Crippen LogP contribution is -2.30. The first-order chi connectivity index (χ1) is 14.7. The molecular formula is C24H29N3O3S. The minimum Gasteiger partial charge on any atom is -0.388 e. The normalized spacial score (nSPS) is 24.2. The maximum Gasteiger partial charge on any atom is 0.131 e. The summed E-state index contributed by atoms with van der Waals surface area (Å²) in [6.07, 6.45) is 0.732. The van der Waals surface area contributed by atoms with Gasteiger partial charge in [0, 0.05) is 43.3 Å². The molecule has 1 aromatic heterocycles. The Kier molecular flexibility index (Phi) is 4.90. The van der Waals surface area contributed by atoms with Crippen LogP contribution in [0.15, 0.2) is 53.4 Å². The van der Waals surface area contributed by atoms with E-state index >= 15 is 0 Å². The lowest BCUT2D eigenvalue weighted by molar-refractivity contribution is 0.0839. The van der Waals surface area contributed by atoms with Gasteiger partial charge < -0.3 is 14.9 Å². The lowest BCUT2D eigenvalue weighted by atomic mass is 10.1. The van der Waals surface area contributed by atoms with Crippen molar-refractivity contribution < 1.29 is 14.2 Å². The average molecular weight is 440 g/mol. The number of aromatic nitrogens is 1. The Morgan fingerprint density at radius 3 is 2.61 bits per heavy atom. The van der Waals surface area contributed by atoms with Crippen LogP contribution in [0.25, 0.3) is 10.9 Å². The molecule has 5 rings (SSSR count). The summed E-state index contributed by atoms with van der Waals surface area (Å²) in [5.41, 5.74) is 3.39. The number of nitrogens with zero attached hydrogens (tertiary/aromatic N) is 3. The van der Waals surface area contributed by atoms with E-state index in [9.17, 15) is 14.2 Å². The number of fused-ring (bicyclic) bond motifs is 2. The highest BCUT2D eigenvalue weighted by molar-refractivity contribution is 8.24. The molecule has 164 valence electrons. The zero-order valence-electron chi connectivity index (χ0n) is 18.0. The van der Waals surface area contributed by atoms with Crippen LogP contribution in [-0.2, 0) is 6.54 Å². The summed E-state index contributed by atoms with van der Waals surface area (Å²) in [5.74, 6) is 1.11. The number of hydrogen-bond donors (Lipinski definition) is 3. The van der Waals surface area contributed by atoms with E-state index in [1.807, 2.05) is 37.3 Å². The molecule has 0 radical (unpaired) electrons. The monoisotopic (exact) mass is 439 g/mol. The van der Waals surface area contributed by atoms with Gasteiger partial charge in [-0.05, 0) is 44.0 Å². The summed E-state index contributed by atoms with van der Waals surface area (Å²) in [7, 11) is -2.82. The zero-order valence-corrected chi connectivity index (χ0v) is 18.8. The lowest BCUT2D eigenvalue weighted by Gasteiger charge is -2.32. The van der Waals surface area contributed by atoms with Crippen molar-refractivity contribution >= 4 is 33.0 Å². The van der Waals surface area contributed by atoms with E-state index in [2.05, 4.69) is 34.9 Å². The third kappa shape index (κ3) is 3.87. The van der Waals surface area contributed by atoms with Gasteiger partial charge >= 0.3 is 0 Å². The van der Waals surface area contributed by atoms with Crippen molar-refractivity contribution in [3.05, 3.63) is 59.7 Å². The van der Waals surface area contributed by atoms with Crippen molar-refractivity contribution in [3.8, 4) is 0 Å². The zero-order chi connectivity index (χ0) is 21.8. The molecule has 0 saturated carbocycles. The second-order valence-electron chi connectivity index (χ2n) is 9.09. The van der Waals surface area contributed by atoms with Crippen LogP contribution < -0.4 is 9.80 Å². The van der Waals surface area contributed by atoms with Crippen LogP contribution in [0.2, 0.25) is 0 Å². The first-order valence-electron chi connectivity index (χ1n) is 10.7. The van der Waals surface area contributed by atoms with Gasteiger partial charge in [0.15, 0.2) is 0 Å². The molecule has 3 heterocycles. The predicted molar refractivity (Wildman–Crippen MR) is 127 cm³/mol. The van der Waals surface area contributed by atoms with Gasteiger partial charge in [-0.25, -0.2) is 4.98 Å². The number of aliphatic hydroxyl groups is 1. The molecule has 2 aliphatic rings. The largest absolute Gasteiger partial charge is 0.388 e. The van der Waals surface area contributed by atoms with Crippen LogP contribution in [0.3, 0.4) is 0 Å². The fourth-order valence-electron chi connectivity index (χ4n) is 4.66. The fourth-order valence-corrected chi connectivity index (χ4v) is 6.21. The Morgan fingerprint density at radius 1 is 1.03 bits per heavy atom. The third-order valence-corrected chi connectivity index (χ3v) is 8.23. The van der Waals surface area contributed by atoms with Crippen LogP contribution in [0.1, 0.15) is 24.5 Å². The topological polar surface area (TPSA) is 80.1 Å². The molecule has 0 aliphatic carbocycles. The molecule has 7 heteroatoms. The van der Waals surface area contributed by atoms with Gasteiger partial charge in [-0.1, -0.05) is 29.8 Å². The Balaban J connectivity index is 1.60. The van der Waals surface area contributed by atoms with E-state index in [0.29, 0.717) is 24.5 Å². The number of pyridine rings is 1. The van der Waals surface area contributed by atoms with E-state index in [0.717, 1.165) is 40.9 Å². The van der Waals surface area contributed by atoms with Gasteiger partial charge in [0.25, 0.3) is 0 Å². The Morgan fingerprint density at radius 2 is 1.84 bits per heavy atom. The van der Waals surface area contributed by atoms with E-state index in [1.165, 1.54) is 5.56 Å². The number of rotatable bonds is 2. The molecular weight excluding hydrogens is 410 g/mol. The van der Waals surface area contributed by atoms with Gasteiger partial charge in [-0.3, -0.25) is 9.11 Å². The Hall–Kier alpha value is -2.32. The smallest absolute Gasteiger partial charge is 0.131 e. The standard InChI is InChI=1S/C24H29N3O3S/c1-17-7-8-20-19(13-17)21(27-10-9-24(2,28)16-27)14-23(25-20)26-11-12-31(29,30)22-6-4-3-5-18(22)15-26/h3-8,13-14,28-30H,9-12,15-16H2,1-2H3. The van der Waals surface area contributed by atoms with Gasteiger partial charge in [0.2, 0.25) is 0 Å². The fraction of sp³-hybridized carbons (Fsp3) is 0.375. The van der Waals surface area contributed by atoms with E-state index in [-0.39, 0.29) is 5.75 Å². The quantitative estimate of drug-likeness (QED) is 0.540. The SMILES string of the molecule is Cc1ccc2nc(N3CCS(O)(O)c4ccccc4C3)cc(N3CCC(C)(O)C3)c2c1. The molecule has 6 nitrogen and oxygen atoms in total. The molecule has 2 aromatic carbocycles. The van der Waals surface area contributed by atoms with Crippen LogP contribution in [-0.4, -0.2) is 50.2 Å². The first-order valence-corrected chi connectivity index (χ1v) is 12.4. The summed E-state index contributed by atoms with van der Waals surface area (Å²) < 4.78 is 21.4. The second kappa shape index (κ2) is 7.38. The molecule has 0 amide bonds. The number of hydrogen-bond acceptors (Lipinski definition) is 6. The van der Waals surface area contributed by atoms with Crippen molar-refractivity contribution in [2.24, 2.45) is 0 Å². The van der Waals surface area contributed by atoms with Gasteiger partial charge in [-0.15, -0.1) is 0 Å². The van der Waals surface area contributed by atoms with Crippen LogP contribution >= 0.6 is 10.6 Å². The van der Waals surface area contributed by atoms with Gasteiger partial charge in [0.05, 0.1) is 21.8 Å². The summed E-state index contributed by atoms with van der Waals surface area (Å²) in [6.45, 7) is 6.44. The van der Waals surface area contributed by atoms with Crippen molar-refractivity contribution in [2.45, 2.75) is 37.3 Å². The number of β-amino-alcohol motifs (C(OH)–C–C–N with tert-alkyl or cyclic N) is 1. The summed E-state index contributed by atoms with van der Waals surface area (Å²) >= 11 is 0. The van der Waals surface area contributed by atoms with Crippen molar-refractivity contribution in [1.29, 1.82) is 0 Å². The van der Waals surface area contributed by atoms with E-state index < -0.39 is 16.2 Å². The van der Waals surface area contributed by atoms with Gasteiger partial charge in [0.1, 0.15) is 5.82 Å². The number of aryl methyl sites for hydroxylation is 1. The number of anilines is 2. The van der Waals surface area contributed by atoms with Crippen LogP contribution in [0.5, 0.6) is 0 Å². The van der Waals surface area contributed by atoms with Crippen LogP contribution in [0, 0.1) is 6.92 Å². The third-order valence-electron chi connectivity index (χ3n) is 6.38. The second-order valence-corrected chi connectivity index (χ2v) is 11.3. The molecule has 1 unspecified atom stereocenters. The highest BCUT2D eigenvalue weighted by Crippen LogP contribution is 2.51. The van der Waals surface area contributed by atoms with Crippen molar-refractivity contribution in [3.63, 3.8) is 0 Å². The summed E-state index contributed by atoms with van der Waals surface area (Å²) in [6, 6.07) is 15.9. The molecule has 2 aliphatic heterocycles. The molecule has 0 bridgehead atoms. The number of benzene rings is 2. The minimum absolute atomic E-state index is 0.283. The van der Waals surface area contributed by atoms with E-state index in [1.54, 1.807) is 0 Å². The molecule has 3 N–H and O–H groups in total. The maximum atomic E-state index is 10.7. The Labute approximate surface area is 184 Å². The molecule has 31 heavy (non-hydrogen) atoms. The summed E-state index contributed by atoms with van der Waals surface area (Å²) in [4.78, 5) is 9.98. The van der Waals surface area contributed by atoms with E-state index in [4.69, 9.17) is 4.98 Å². The Bertz CT molecular complexity index is 1150. The molecule has 0 spiro atoms. The van der Waals surface area contributed by atoms with Crippen molar-refractivity contribution in [2.75, 3.05) is 35.2 Å². The summed E-state index contributed by atoms with van der Waals surface area (Å²) in [5, 5.41) is 11.6. The molecule has 3 aromatic rings. The maximum absolute atomic E-state index is 10.7. The van der Waals surface area contributed by atoms with Gasteiger partial charge in [-0.2, -0.15) is 10.6 Å². The van der Waals surface area contributed by atoms with Crippen molar-refractivity contribution in [1.82, 2.24) is 4.98 Å². The average Bonchev–Trinajstić information content (AvgIpc) is 3.03. The molecule has 1 saturated heterocycles. The molecule has 1 fully saturated rings. The molecule has 1 atom stereocenters. The minimum atomic E-state index is -2.82. The highest BCUT2D eigenvalue weighted by Gasteiger charge is 2.33. The highest BCUT2D eigenvalue weighted by atomic mass is 32.3. The first kappa shape index (κ1) is 20.6. The predicted octanol–water partition coefficient (Wildman–Crippen LogP) is 4.63.